The lowest BCUT2D eigenvalue weighted by Gasteiger charge is -2.58. The lowest BCUT2D eigenvalue weighted by molar-refractivity contribution is -0.119. The molecule has 3 fully saturated rings. The third kappa shape index (κ3) is 1.82. The van der Waals surface area contributed by atoms with Crippen molar-refractivity contribution in [2.24, 2.45) is 28.6 Å². The molecule has 23 heavy (non-hydrogen) atoms. The fourth-order valence-electron chi connectivity index (χ4n) is 6.76. The summed E-state index contributed by atoms with van der Waals surface area (Å²) in [5, 5.41) is 20.4. The molecule has 0 heterocycles. The SMILES string of the molecule is CC12CC[C@@H]3[C@@H](CCC4=CC(=O)CC[C@@]43C)[C@H]1CCC2(O)C#N. The number of hydrogen-bond donors (Lipinski definition) is 1. The molecule has 3 heteroatoms. The maximum atomic E-state index is 11.8. The lowest BCUT2D eigenvalue weighted by Crippen LogP contribution is -2.54. The summed E-state index contributed by atoms with van der Waals surface area (Å²) in [7, 11) is 0. The van der Waals surface area contributed by atoms with Crippen LogP contribution in [0, 0.1) is 39.9 Å². The number of allylic oxidation sites excluding steroid dienone is 1. The molecule has 0 radical (unpaired) electrons. The van der Waals surface area contributed by atoms with Crippen LogP contribution in [0.5, 0.6) is 0 Å². The van der Waals surface area contributed by atoms with Gasteiger partial charge in [0.1, 0.15) is 0 Å². The van der Waals surface area contributed by atoms with Crippen molar-refractivity contribution in [2.45, 2.75) is 70.8 Å². The van der Waals surface area contributed by atoms with Crippen LogP contribution in [0.4, 0.5) is 0 Å². The molecule has 0 aromatic carbocycles. The van der Waals surface area contributed by atoms with E-state index in [0.29, 0.717) is 36.4 Å². The maximum Gasteiger partial charge on any atom is 0.156 e. The van der Waals surface area contributed by atoms with Crippen LogP contribution in [-0.4, -0.2) is 16.5 Å². The molecular formula is C20H27NO2. The van der Waals surface area contributed by atoms with Crippen LogP contribution in [0.25, 0.3) is 0 Å². The number of ketones is 1. The zero-order valence-corrected chi connectivity index (χ0v) is 14.3. The number of hydrogen-bond acceptors (Lipinski definition) is 3. The van der Waals surface area contributed by atoms with Gasteiger partial charge in [-0.1, -0.05) is 19.4 Å². The minimum absolute atomic E-state index is 0.172. The minimum atomic E-state index is -1.14. The first-order valence-electron chi connectivity index (χ1n) is 9.22. The quantitative estimate of drug-likeness (QED) is 0.692. The van der Waals surface area contributed by atoms with Gasteiger partial charge in [-0.15, -0.1) is 0 Å². The van der Waals surface area contributed by atoms with Crippen molar-refractivity contribution in [3.8, 4) is 6.07 Å². The highest BCUT2D eigenvalue weighted by atomic mass is 16.3. The van der Waals surface area contributed by atoms with Gasteiger partial charge in [0.25, 0.3) is 0 Å². The zero-order valence-electron chi connectivity index (χ0n) is 14.3. The van der Waals surface area contributed by atoms with E-state index in [1.165, 1.54) is 5.57 Å². The number of carbonyl (C=O) groups excluding carboxylic acids is 1. The Labute approximate surface area is 138 Å². The first-order valence-corrected chi connectivity index (χ1v) is 9.22. The molecule has 3 saturated carbocycles. The fourth-order valence-corrected chi connectivity index (χ4v) is 6.76. The summed E-state index contributed by atoms with van der Waals surface area (Å²) in [6, 6.07) is 2.25. The average molecular weight is 313 g/mol. The zero-order chi connectivity index (χ0) is 16.5. The first kappa shape index (κ1) is 15.4. The van der Waals surface area contributed by atoms with Crippen LogP contribution in [0.3, 0.4) is 0 Å². The molecule has 4 aliphatic carbocycles. The molecule has 4 rings (SSSR count). The van der Waals surface area contributed by atoms with Crippen molar-refractivity contribution in [3.63, 3.8) is 0 Å². The second-order valence-corrected chi connectivity index (χ2v) is 8.94. The Morgan fingerprint density at radius 2 is 1.87 bits per heavy atom. The van der Waals surface area contributed by atoms with E-state index < -0.39 is 5.60 Å². The Kier molecular flexibility index (Phi) is 3.14. The smallest absolute Gasteiger partial charge is 0.156 e. The van der Waals surface area contributed by atoms with Crippen LogP contribution in [-0.2, 0) is 4.79 Å². The summed E-state index contributed by atoms with van der Waals surface area (Å²) in [6.45, 7) is 4.53. The molecular weight excluding hydrogens is 286 g/mol. The Bertz CT molecular complexity index is 632. The summed E-state index contributed by atoms with van der Waals surface area (Å²) >= 11 is 0. The minimum Gasteiger partial charge on any atom is -0.375 e. The van der Waals surface area contributed by atoms with Gasteiger partial charge >= 0.3 is 0 Å². The van der Waals surface area contributed by atoms with E-state index in [1.807, 2.05) is 6.08 Å². The normalized spacial score (nSPS) is 52.0. The third-order valence-electron chi connectivity index (χ3n) is 8.30. The predicted molar refractivity (Wildman–Crippen MR) is 87.3 cm³/mol. The average Bonchev–Trinajstić information content (AvgIpc) is 2.80. The highest BCUT2D eigenvalue weighted by molar-refractivity contribution is 5.91. The van der Waals surface area contributed by atoms with Crippen LogP contribution in [0.2, 0.25) is 0 Å². The predicted octanol–water partition coefficient (Wildman–Crippen LogP) is 3.77. The number of aliphatic hydroxyl groups is 1. The van der Waals surface area contributed by atoms with Crippen molar-refractivity contribution in [1.82, 2.24) is 0 Å². The van der Waals surface area contributed by atoms with E-state index >= 15 is 0 Å². The standard InChI is InChI=1S/C20H27NO2/c1-18-8-5-14(22)11-13(18)3-4-15-16(18)6-9-19(2)17(15)7-10-20(19,23)12-21/h11,15-17,23H,3-10H2,1-2H3/t15-,16-,17-,18+,19?,20?/m1/s1. The van der Waals surface area contributed by atoms with Gasteiger partial charge < -0.3 is 5.11 Å². The Hall–Kier alpha value is -1.14. The monoisotopic (exact) mass is 313 g/mol. The van der Waals surface area contributed by atoms with Crippen molar-refractivity contribution in [1.29, 1.82) is 5.26 Å². The molecule has 1 N–H and O–H groups in total. The second kappa shape index (κ2) is 4.70. The topological polar surface area (TPSA) is 61.1 Å². The molecule has 6 atom stereocenters. The van der Waals surface area contributed by atoms with Crippen LogP contribution >= 0.6 is 0 Å². The van der Waals surface area contributed by atoms with E-state index in [1.54, 1.807) is 0 Å². The summed E-state index contributed by atoms with van der Waals surface area (Å²) in [5.41, 5.74) is 0.172. The van der Waals surface area contributed by atoms with Crippen LogP contribution in [0.1, 0.15) is 65.2 Å². The Morgan fingerprint density at radius 3 is 2.61 bits per heavy atom. The van der Waals surface area contributed by atoms with E-state index in [0.717, 1.165) is 38.5 Å². The second-order valence-electron chi connectivity index (χ2n) is 8.94. The molecule has 0 aliphatic heterocycles. The first-order chi connectivity index (χ1) is 10.8. The highest BCUT2D eigenvalue weighted by Crippen LogP contribution is 2.67. The summed E-state index contributed by atoms with van der Waals surface area (Å²) in [5.74, 6) is 1.99. The Morgan fingerprint density at radius 1 is 1.13 bits per heavy atom. The van der Waals surface area contributed by atoms with E-state index in [2.05, 4.69) is 19.9 Å². The van der Waals surface area contributed by atoms with Gasteiger partial charge in [0, 0.05) is 11.8 Å². The van der Waals surface area contributed by atoms with Crippen LogP contribution < -0.4 is 0 Å². The molecule has 4 aliphatic rings. The van der Waals surface area contributed by atoms with E-state index in [9.17, 15) is 15.2 Å². The number of nitrogens with zero attached hydrogens (tertiary/aromatic N) is 1. The van der Waals surface area contributed by atoms with Gasteiger partial charge in [-0.3, -0.25) is 4.79 Å². The van der Waals surface area contributed by atoms with Gasteiger partial charge in [-0.25, -0.2) is 0 Å². The molecule has 0 aromatic heterocycles. The molecule has 0 bridgehead atoms. The number of rotatable bonds is 0. The number of nitriles is 1. The molecule has 3 nitrogen and oxygen atoms in total. The number of carbonyl (C=O) groups is 1. The summed E-state index contributed by atoms with van der Waals surface area (Å²) < 4.78 is 0. The molecule has 0 saturated heterocycles. The van der Waals surface area contributed by atoms with Crippen LogP contribution in [0.15, 0.2) is 11.6 Å². The van der Waals surface area contributed by atoms with Gasteiger partial charge in [0.05, 0.1) is 6.07 Å². The van der Waals surface area contributed by atoms with Gasteiger partial charge in [0.15, 0.2) is 11.4 Å². The fraction of sp³-hybridized carbons (Fsp3) is 0.800. The molecule has 0 spiro atoms. The Balaban J connectivity index is 1.70. The lowest BCUT2D eigenvalue weighted by atomic mass is 9.46. The molecule has 0 amide bonds. The van der Waals surface area contributed by atoms with Crippen molar-refractivity contribution in [3.05, 3.63) is 11.6 Å². The maximum absolute atomic E-state index is 11.8. The molecule has 124 valence electrons. The number of fused-ring (bicyclic) bond motifs is 5. The van der Waals surface area contributed by atoms with E-state index in [-0.39, 0.29) is 10.8 Å². The van der Waals surface area contributed by atoms with Gasteiger partial charge in [0.2, 0.25) is 0 Å². The van der Waals surface area contributed by atoms with Gasteiger partial charge in [-0.05, 0) is 74.2 Å². The van der Waals surface area contributed by atoms with Crippen molar-refractivity contribution < 1.29 is 9.90 Å². The highest BCUT2D eigenvalue weighted by Gasteiger charge is 2.64. The van der Waals surface area contributed by atoms with Crippen molar-refractivity contribution in [2.75, 3.05) is 0 Å². The molecule has 2 unspecified atom stereocenters. The third-order valence-corrected chi connectivity index (χ3v) is 8.30. The molecule has 0 aromatic rings. The summed E-state index contributed by atoms with van der Waals surface area (Å²) in [4.78, 5) is 11.8. The largest absolute Gasteiger partial charge is 0.375 e. The summed E-state index contributed by atoms with van der Waals surface area (Å²) in [6.07, 6.45) is 9.42. The van der Waals surface area contributed by atoms with E-state index in [4.69, 9.17) is 0 Å². The van der Waals surface area contributed by atoms with Crippen molar-refractivity contribution >= 4 is 5.78 Å². The van der Waals surface area contributed by atoms with Gasteiger partial charge in [-0.2, -0.15) is 5.26 Å².